The summed E-state index contributed by atoms with van der Waals surface area (Å²) < 4.78 is 18.9. The van der Waals surface area contributed by atoms with Gasteiger partial charge in [-0.25, -0.2) is 4.39 Å². The first-order valence-electron chi connectivity index (χ1n) is 5.55. The molecule has 2 nitrogen and oxygen atoms in total. The minimum atomic E-state index is -0.279. The van der Waals surface area contributed by atoms with Crippen molar-refractivity contribution in [2.45, 2.75) is 6.54 Å². The topological polar surface area (TPSA) is 21.3 Å². The maximum atomic E-state index is 13.2. The van der Waals surface area contributed by atoms with Crippen molar-refractivity contribution < 1.29 is 9.13 Å². The lowest BCUT2D eigenvalue weighted by atomic mass is 10.2. The van der Waals surface area contributed by atoms with Crippen LogP contribution >= 0.6 is 11.6 Å². The summed E-state index contributed by atoms with van der Waals surface area (Å²) in [5, 5.41) is 3.58. The number of ether oxygens (including phenoxy) is 1. The van der Waals surface area contributed by atoms with Crippen molar-refractivity contribution >= 4 is 11.6 Å². The average molecular weight is 266 g/mol. The Morgan fingerprint density at radius 2 is 2.06 bits per heavy atom. The molecule has 1 N–H and O–H groups in total. The molecule has 0 aliphatic rings. The van der Waals surface area contributed by atoms with Crippen LogP contribution in [0.3, 0.4) is 0 Å². The van der Waals surface area contributed by atoms with Gasteiger partial charge < -0.3 is 10.1 Å². The maximum absolute atomic E-state index is 13.2. The van der Waals surface area contributed by atoms with Crippen LogP contribution in [0, 0.1) is 5.82 Å². The molecule has 0 amide bonds. The summed E-state index contributed by atoms with van der Waals surface area (Å²) in [6.45, 7) is 0.535. The van der Waals surface area contributed by atoms with Crippen LogP contribution < -0.4 is 10.1 Å². The second kappa shape index (κ2) is 5.85. The van der Waals surface area contributed by atoms with Crippen molar-refractivity contribution in [2.75, 3.05) is 7.05 Å². The Kier molecular flexibility index (Phi) is 4.18. The van der Waals surface area contributed by atoms with Crippen LogP contribution in [0.25, 0.3) is 0 Å². The van der Waals surface area contributed by atoms with E-state index in [-0.39, 0.29) is 5.82 Å². The van der Waals surface area contributed by atoms with Crippen molar-refractivity contribution in [3.63, 3.8) is 0 Å². The van der Waals surface area contributed by atoms with Crippen LogP contribution in [0.1, 0.15) is 5.56 Å². The zero-order valence-electron chi connectivity index (χ0n) is 9.91. The zero-order valence-corrected chi connectivity index (χ0v) is 10.7. The van der Waals surface area contributed by atoms with Gasteiger partial charge in [-0.3, -0.25) is 0 Å². The van der Waals surface area contributed by atoms with E-state index in [0.717, 1.165) is 5.56 Å². The Morgan fingerprint density at radius 3 is 2.78 bits per heavy atom. The van der Waals surface area contributed by atoms with Crippen molar-refractivity contribution in [1.29, 1.82) is 0 Å². The summed E-state index contributed by atoms with van der Waals surface area (Å²) in [7, 11) is 1.80. The maximum Gasteiger partial charge on any atom is 0.132 e. The van der Waals surface area contributed by atoms with Gasteiger partial charge in [-0.15, -0.1) is 0 Å². The number of hydrogen-bond acceptors (Lipinski definition) is 2. The van der Waals surface area contributed by atoms with Gasteiger partial charge in [0.2, 0.25) is 0 Å². The summed E-state index contributed by atoms with van der Waals surface area (Å²) in [6.07, 6.45) is 0. The molecule has 0 heterocycles. The second-order valence-electron chi connectivity index (χ2n) is 3.84. The minimum absolute atomic E-state index is 0.279. The molecule has 18 heavy (non-hydrogen) atoms. The molecule has 0 unspecified atom stereocenters. The summed E-state index contributed by atoms with van der Waals surface area (Å²) >= 11 is 5.88. The molecule has 4 heteroatoms. The Labute approximate surface area is 110 Å². The van der Waals surface area contributed by atoms with E-state index in [1.165, 1.54) is 12.1 Å². The van der Waals surface area contributed by atoms with E-state index in [0.29, 0.717) is 23.1 Å². The minimum Gasteiger partial charge on any atom is -0.457 e. The number of nitrogens with one attached hydrogen (secondary N) is 1. The van der Waals surface area contributed by atoms with Crippen molar-refractivity contribution in [3.8, 4) is 11.5 Å². The first-order valence-corrected chi connectivity index (χ1v) is 5.93. The molecule has 0 bridgehead atoms. The monoisotopic (exact) mass is 265 g/mol. The molecular formula is C14H13ClFNO. The van der Waals surface area contributed by atoms with Gasteiger partial charge in [0, 0.05) is 17.1 Å². The number of rotatable bonds is 4. The molecule has 2 aromatic carbocycles. The molecule has 94 valence electrons. The molecule has 0 saturated carbocycles. The molecule has 0 aliphatic heterocycles. The first kappa shape index (κ1) is 12.9. The summed E-state index contributed by atoms with van der Waals surface area (Å²) in [4.78, 5) is 0. The van der Waals surface area contributed by atoms with Gasteiger partial charge >= 0.3 is 0 Å². The Morgan fingerprint density at radius 1 is 1.22 bits per heavy atom. The quantitative estimate of drug-likeness (QED) is 0.902. The van der Waals surface area contributed by atoms with E-state index in [9.17, 15) is 4.39 Å². The zero-order chi connectivity index (χ0) is 13.0. The van der Waals surface area contributed by atoms with Gasteiger partial charge in [0.05, 0.1) is 0 Å². The van der Waals surface area contributed by atoms with E-state index in [4.69, 9.17) is 16.3 Å². The van der Waals surface area contributed by atoms with Gasteiger partial charge in [0.25, 0.3) is 0 Å². The molecule has 0 aliphatic carbocycles. The predicted molar refractivity (Wildman–Crippen MR) is 70.7 cm³/mol. The van der Waals surface area contributed by atoms with E-state index < -0.39 is 0 Å². The fraction of sp³-hybridized carbons (Fsp3) is 0.143. The second-order valence-corrected chi connectivity index (χ2v) is 4.28. The van der Waals surface area contributed by atoms with Crippen LogP contribution in [-0.2, 0) is 6.54 Å². The lowest BCUT2D eigenvalue weighted by molar-refractivity contribution is 0.471. The molecule has 0 aromatic heterocycles. The predicted octanol–water partition coefficient (Wildman–Crippen LogP) is 3.99. The fourth-order valence-corrected chi connectivity index (χ4v) is 1.81. The smallest absolute Gasteiger partial charge is 0.132 e. The lowest BCUT2D eigenvalue weighted by Crippen LogP contribution is -2.06. The van der Waals surface area contributed by atoms with Gasteiger partial charge in [-0.05, 0) is 43.4 Å². The summed E-state index contributed by atoms with van der Waals surface area (Å²) in [6, 6.07) is 11.5. The Bertz CT molecular complexity index is 545. The van der Waals surface area contributed by atoms with Crippen molar-refractivity contribution in [2.24, 2.45) is 0 Å². The highest BCUT2D eigenvalue weighted by Crippen LogP contribution is 2.27. The fourth-order valence-electron chi connectivity index (χ4n) is 1.63. The third-order valence-electron chi connectivity index (χ3n) is 2.41. The lowest BCUT2D eigenvalue weighted by Gasteiger charge is -2.11. The average Bonchev–Trinajstić information content (AvgIpc) is 2.33. The van der Waals surface area contributed by atoms with Crippen LogP contribution in [0.15, 0.2) is 42.5 Å². The van der Waals surface area contributed by atoms with Crippen molar-refractivity contribution in [3.05, 3.63) is 58.9 Å². The Hall–Kier alpha value is -1.58. The summed E-state index contributed by atoms with van der Waals surface area (Å²) in [5.41, 5.74) is 0.762. The highest BCUT2D eigenvalue weighted by atomic mass is 35.5. The van der Waals surface area contributed by atoms with E-state index in [1.54, 1.807) is 37.4 Å². The number of benzene rings is 2. The SMILES string of the molecule is CNCc1cc(F)ccc1Oc1cccc(Cl)c1. The largest absolute Gasteiger partial charge is 0.457 e. The molecular weight excluding hydrogens is 253 g/mol. The van der Waals surface area contributed by atoms with E-state index in [2.05, 4.69) is 5.32 Å². The number of hydrogen-bond donors (Lipinski definition) is 1. The van der Waals surface area contributed by atoms with E-state index in [1.807, 2.05) is 0 Å². The van der Waals surface area contributed by atoms with E-state index >= 15 is 0 Å². The van der Waals surface area contributed by atoms with Crippen molar-refractivity contribution in [1.82, 2.24) is 5.32 Å². The molecule has 0 radical (unpaired) electrons. The number of halogens is 2. The Balaban J connectivity index is 2.28. The third-order valence-corrected chi connectivity index (χ3v) is 2.65. The van der Waals surface area contributed by atoms with Crippen LogP contribution in [0.4, 0.5) is 4.39 Å². The first-order chi connectivity index (χ1) is 8.69. The third kappa shape index (κ3) is 3.22. The standard InChI is InChI=1S/C14H13ClFNO/c1-17-9-10-7-12(16)5-6-14(10)18-13-4-2-3-11(15)8-13/h2-8,17H,9H2,1H3. The highest BCUT2D eigenvalue weighted by Gasteiger charge is 2.06. The molecule has 0 atom stereocenters. The summed E-state index contributed by atoms with van der Waals surface area (Å²) in [5.74, 6) is 0.971. The van der Waals surface area contributed by atoms with Gasteiger partial charge in [0.15, 0.2) is 0 Å². The van der Waals surface area contributed by atoms with Crippen LogP contribution in [-0.4, -0.2) is 7.05 Å². The molecule has 0 spiro atoms. The molecule has 0 saturated heterocycles. The van der Waals surface area contributed by atoms with Gasteiger partial charge in [-0.2, -0.15) is 0 Å². The van der Waals surface area contributed by atoms with Gasteiger partial charge in [0.1, 0.15) is 17.3 Å². The highest BCUT2D eigenvalue weighted by molar-refractivity contribution is 6.30. The molecule has 2 rings (SSSR count). The van der Waals surface area contributed by atoms with Crippen LogP contribution in [0.2, 0.25) is 5.02 Å². The molecule has 2 aromatic rings. The normalized spacial score (nSPS) is 10.4. The van der Waals surface area contributed by atoms with Crippen LogP contribution in [0.5, 0.6) is 11.5 Å². The molecule has 0 fully saturated rings. The van der Waals surface area contributed by atoms with Gasteiger partial charge in [-0.1, -0.05) is 17.7 Å².